The van der Waals surface area contributed by atoms with E-state index >= 15 is 0 Å². The normalized spacial score (nSPS) is 15.0. The summed E-state index contributed by atoms with van der Waals surface area (Å²) in [6.45, 7) is 5.28. The summed E-state index contributed by atoms with van der Waals surface area (Å²) in [5.74, 6) is 1.60. The molecule has 1 aliphatic heterocycles. The number of morpholine rings is 1. The molecule has 0 radical (unpaired) electrons. The molecule has 0 amide bonds. The minimum Gasteiger partial charge on any atom is -0.497 e. The number of anilines is 1. The molecule has 142 valence electrons. The van der Waals surface area contributed by atoms with Crippen LogP contribution >= 0.6 is 0 Å². The predicted octanol–water partition coefficient (Wildman–Crippen LogP) is 2.86. The Morgan fingerprint density at radius 1 is 1.33 bits per heavy atom. The van der Waals surface area contributed by atoms with Crippen molar-refractivity contribution >= 4 is 18.0 Å². The highest BCUT2D eigenvalue weighted by atomic mass is 16.5. The Morgan fingerprint density at radius 3 is 2.96 bits per heavy atom. The Balaban J connectivity index is 1.54. The van der Waals surface area contributed by atoms with Crippen LogP contribution in [0.1, 0.15) is 23.6 Å². The van der Waals surface area contributed by atoms with Crippen LogP contribution < -0.4 is 10.1 Å². The average Bonchev–Trinajstić information content (AvgIpc) is 3.13. The topological polar surface area (TPSA) is 83.5 Å². The van der Waals surface area contributed by atoms with Gasteiger partial charge in [-0.1, -0.05) is 12.1 Å². The van der Waals surface area contributed by atoms with Gasteiger partial charge in [-0.05, 0) is 36.7 Å². The monoisotopic (exact) mass is 368 g/mol. The highest BCUT2D eigenvalue weighted by Gasteiger charge is 2.12. The van der Waals surface area contributed by atoms with Crippen molar-refractivity contribution in [1.29, 1.82) is 5.26 Å². The zero-order valence-electron chi connectivity index (χ0n) is 15.5. The van der Waals surface area contributed by atoms with Gasteiger partial charge in [0.2, 0.25) is 17.5 Å². The Labute approximate surface area is 159 Å². The van der Waals surface area contributed by atoms with Gasteiger partial charge in [-0.25, -0.2) is 0 Å². The van der Waals surface area contributed by atoms with E-state index in [0.717, 1.165) is 57.1 Å². The minimum atomic E-state index is 0.270. The van der Waals surface area contributed by atoms with E-state index < -0.39 is 0 Å². The standard InChI is InChI=1S/C20H24N4O3/c1-25-17-5-2-4-16(14-17)6-7-19-23-18(15-21)20(27-19)22-8-3-9-24-10-12-26-13-11-24/h2,4-7,14,22H,3,8-13H2,1H3. The average molecular weight is 368 g/mol. The van der Waals surface area contributed by atoms with Crippen molar-refractivity contribution in [3.63, 3.8) is 0 Å². The highest BCUT2D eigenvalue weighted by Crippen LogP contribution is 2.19. The first-order valence-corrected chi connectivity index (χ1v) is 9.05. The van der Waals surface area contributed by atoms with E-state index in [-0.39, 0.29) is 5.69 Å². The maximum absolute atomic E-state index is 9.27. The van der Waals surface area contributed by atoms with E-state index in [1.165, 1.54) is 0 Å². The molecule has 0 spiro atoms. The number of nitriles is 1. The van der Waals surface area contributed by atoms with E-state index in [0.29, 0.717) is 11.8 Å². The van der Waals surface area contributed by atoms with Crippen LogP contribution in [-0.2, 0) is 4.74 Å². The smallest absolute Gasteiger partial charge is 0.232 e. The lowest BCUT2D eigenvalue weighted by Crippen LogP contribution is -2.37. The molecule has 1 aliphatic rings. The second-order valence-corrected chi connectivity index (χ2v) is 6.19. The number of ether oxygens (including phenoxy) is 2. The molecular weight excluding hydrogens is 344 g/mol. The number of benzene rings is 1. The molecule has 1 fully saturated rings. The molecule has 2 aromatic rings. The molecular formula is C20H24N4O3. The number of nitrogens with zero attached hydrogens (tertiary/aromatic N) is 3. The Bertz CT molecular complexity index is 804. The van der Waals surface area contributed by atoms with Gasteiger partial charge in [0.1, 0.15) is 11.8 Å². The predicted molar refractivity (Wildman–Crippen MR) is 104 cm³/mol. The first kappa shape index (κ1) is 19.0. The van der Waals surface area contributed by atoms with E-state index in [2.05, 4.69) is 21.3 Å². The molecule has 1 N–H and O–H groups in total. The summed E-state index contributed by atoms with van der Waals surface area (Å²) in [6.07, 6.45) is 4.58. The van der Waals surface area contributed by atoms with Gasteiger partial charge in [0.05, 0.1) is 20.3 Å². The van der Waals surface area contributed by atoms with Crippen LogP contribution in [0.15, 0.2) is 28.7 Å². The van der Waals surface area contributed by atoms with E-state index in [1.54, 1.807) is 13.2 Å². The number of rotatable bonds is 8. The number of nitrogens with one attached hydrogen (secondary N) is 1. The third-order valence-corrected chi connectivity index (χ3v) is 4.30. The van der Waals surface area contributed by atoms with Crippen molar-refractivity contribution in [3.05, 3.63) is 41.4 Å². The summed E-state index contributed by atoms with van der Waals surface area (Å²) in [5, 5.41) is 12.4. The van der Waals surface area contributed by atoms with Crippen molar-refractivity contribution < 1.29 is 13.9 Å². The van der Waals surface area contributed by atoms with Crippen LogP contribution in [-0.4, -0.2) is 56.4 Å². The molecule has 7 heteroatoms. The maximum atomic E-state index is 9.27. The molecule has 0 aliphatic carbocycles. The van der Waals surface area contributed by atoms with Crippen molar-refractivity contribution in [1.82, 2.24) is 9.88 Å². The Morgan fingerprint density at radius 2 is 2.19 bits per heavy atom. The van der Waals surface area contributed by atoms with Gasteiger partial charge in [0.15, 0.2) is 0 Å². The van der Waals surface area contributed by atoms with Crippen molar-refractivity contribution in [2.75, 3.05) is 51.8 Å². The van der Waals surface area contributed by atoms with Gasteiger partial charge in [-0.3, -0.25) is 4.90 Å². The summed E-state index contributed by atoms with van der Waals surface area (Å²) in [5.41, 5.74) is 1.23. The van der Waals surface area contributed by atoms with Crippen LogP contribution in [0.4, 0.5) is 5.88 Å². The summed E-state index contributed by atoms with van der Waals surface area (Å²) in [7, 11) is 1.63. The summed E-state index contributed by atoms with van der Waals surface area (Å²) >= 11 is 0. The molecule has 27 heavy (non-hydrogen) atoms. The summed E-state index contributed by atoms with van der Waals surface area (Å²) in [6, 6.07) is 9.74. The van der Waals surface area contributed by atoms with E-state index in [4.69, 9.17) is 13.9 Å². The number of aromatic nitrogens is 1. The summed E-state index contributed by atoms with van der Waals surface area (Å²) < 4.78 is 16.2. The molecule has 0 bridgehead atoms. The number of hydrogen-bond acceptors (Lipinski definition) is 7. The third-order valence-electron chi connectivity index (χ3n) is 4.30. The lowest BCUT2D eigenvalue weighted by atomic mass is 10.2. The highest BCUT2D eigenvalue weighted by molar-refractivity contribution is 5.67. The molecule has 1 aromatic carbocycles. The van der Waals surface area contributed by atoms with Crippen LogP contribution in [0, 0.1) is 11.3 Å². The van der Waals surface area contributed by atoms with Crippen molar-refractivity contribution in [2.45, 2.75) is 6.42 Å². The van der Waals surface area contributed by atoms with Gasteiger partial charge in [0.25, 0.3) is 0 Å². The van der Waals surface area contributed by atoms with Crippen LogP contribution in [0.2, 0.25) is 0 Å². The zero-order chi connectivity index (χ0) is 18.9. The van der Waals surface area contributed by atoms with Crippen LogP contribution in [0.3, 0.4) is 0 Å². The molecule has 0 atom stereocenters. The second-order valence-electron chi connectivity index (χ2n) is 6.19. The van der Waals surface area contributed by atoms with Crippen LogP contribution in [0.5, 0.6) is 5.75 Å². The van der Waals surface area contributed by atoms with Gasteiger partial charge in [-0.15, -0.1) is 0 Å². The SMILES string of the molecule is COc1cccc(C=Cc2nc(C#N)c(NCCCN3CCOCC3)o2)c1. The van der Waals surface area contributed by atoms with Gasteiger partial charge in [0, 0.05) is 25.7 Å². The maximum Gasteiger partial charge on any atom is 0.232 e. The minimum absolute atomic E-state index is 0.270. The fourth-order valence-electron chi connectivity index (χ4n) is 2.85. The molecule has 0 unspecified atom stereocenters. The molecule has 1 saturated heterocycles. The van der Waals surface area contributed by atoms with E-state index in [1.807, 2.05) is 30.3 Å². The van der Waals surface area contributed by atoms with Crippen LogP contribution in [0.25, 0.3) is 12.2 Å². The molecule has 2 heterocycles. The number of oxazole rings is 1. The Hall–Kier alpha value is -2.82. The molecule has 3 rings (SSSR count). The lowest BCUT2D eigenvalue weighted by Gasteiger charge is -2.26. The molecule has 7 nitrogen and oxygen atoms in total. The second kappa shape index (κ2) is 9.76. The Kier molecular flexibility index (Phi) is 6.85. The van der Waals surface area contributed by atoms with E-state index in [9.17, 15) is 5.26 Å². The summed E-state index contributed by atoms with van der Waals surface area (Å²) in [4.78, 5) is 6.59. The third kappa shape index (κ3) is 5.58. The van der Waals surface area contributed by atoms with Crippen molar-refractivity contribution in [3.8, 4) is 11.8 Å². The van der Waals surface area contributed by atoms with Gasteiger partial charge in [-0.2, -0.15) is 10.2 Å². The first-order chi connectivity index (χ1) is 13.3. The number of hydrogen-bond donors (Lipinski definition) is 1. The molecule has 1 aromatic heterocycles. The van der Waals surface area contributed by atoms with Gasteiger partial charge < -0.3 is 19.2 Å². The fourth-order valence-corrected chi connectivity index (χ4v) is 2.85. The molecule has 0 saturated carbocycles. The van der Waals surface area contributed by atoms with Crippen molar-refractivity contribution in [2.24, 2.45) is 0 Å². The quantitative estimate of drug-likeness (QED) is 0.717. The fraction of sp³-hybridized carbons (Fsp3) is 0.400. The zero-order valence-corrected chi connectivity index (χ0v) is 15.5. The number of methoxy groups -OCH3 is 1. The van der Waals surface area contributed by atoms with Gasteiger partial charge >= 0.3 is 0 Å². The largest absolute Gasteiger partial charge is 0.497 e. The lowest BCUT2D eigenvalue weighted by molar-refractivity contribution is 0.0378. The first-order valence-electron chi connectivity index (χ1n) is 9.05.